The molecule has 1 aliphatic rings. The number of rotatable bonds is 6. The van der Waals surface area contributed by atoms with Crippen molar-refractivity contribution in [3.8, 4) is 0 Å². The van der Waals surface area contributed by atoms with Crippen LogP contribution in [0.25, 0.3) is 5.76 Å². The quantitative estimate of drug-likeness (QED) is 0.472. The standard InChI is InChI=1S/C21H22FN3O3/c1-24(2)11-4-12-25-18(15-5-3-6-16(22)13-15)17(20(27)21(25)28)19(26)14-7-9-23-10-8-14/h3,5-10,13,18,26H,4,11-12H2,1-2H3/t18-/m1/s1. The number of hydrogen-bond donors (Lipinski definition) is 1. The average molecular weight is 383 g/mol. The van der Waals surface area contributed by atoms with E-state index in [1.54, 1.807) is 18.2 Å². The van der Waals surface area contributed by atoms with Crippen LogP contribution in [0.1, 0.15) is 23.6 Å². The second-order valence-electron chi connectivity index (χ2n) is 6.94. The summed E-state index contributed by atoms with van der Waals surface area (Å²) in [5.41, 5.74) is 0.786. The predicted octanol–water partition coefficient (Wildman–Crippen LogP) is 2.59. The molecule has 0 unspecified atom stereocenters. The van der Waals surface area contributed by atoms with Crippen molar-refractivity contribution in [2.45, 2.75) is 12.5 Å². The Morgan fingerprint density at radius 3 is 2.57 bits per heavy atom. The first-order chi connectivity index (χ1) is 13.4. The molecule has 7 heteroatoms. The third-order valence-electron chi connectivity index (χ3n) is 4.66. The fourth-order valence-electron chi connectivity index (χ4n) is 3.36. The van der Waals surface area contributed by atoms with Gasteiger partial charge < -0.3 is 14.9 Å². The predicted molar refractivity (Wildman–Crippen MR) is 103 cm³/mol. The van der Waals surface area contributed by atoms with Crippen molar-refractivity contribution in [1.29, 1.82) is 0 Å². The average Bonchev–Trinajstić information content (AvgIpc) is 2.93. The van der Waals surface area contributed by atoms with Gasteiger partial charge in [0.1, 0.15) is 11.6 Å². The van der Waals surface area contributed by atoms with Crippen LogP contribution in [-0.4, -0.2) is 58.8 Å². The summed E-state index contributed by atoms with van der Waals surface area (Å²) in [4.78, 5) is 32.8. The lowest BCUT2D eigenvalue weighted by Gasteiger charge is -2.26. The zero-order valence-electron chi connectivity index (χ0n) is 15.8. The van der Waals surface area contributed by atoms with E-state index >= 15 is 0 Å². The van der Waals surface area contributed by atoms with E-state index < -0.39 is 23.5 Å². The number of pyridine rings is 1. The van der Waals surface area contributed by atoms with E-state index in [0.29, 0.717) is 24.1 Å². The Morgan fingerprint density at radius 1 is 1.21 bits per heavy atom. The van der Waals surface area contributed by atoms with Crippen LogP contribution in [0.4, 0.5) is 4.39 Å². The third kappa shape index (κ3) is 3.94. The van der Waals surface area contributed by atoms with Crippen LogP contribution >= 0.6 is 0 Å². The van der Waals surface area contributed by atoms with Gasteiger partial charge in [0.2, 0.25) is 0 Å². The summed E-state index contributed by atoms with van der Waals surface area (Å²) in [5, 5.41) is 10.8. The first-order valence-electron chi connectivity index (χ1n) is 8.99. The van der Waals surface area contributed by atoms with E-state index in [1.807, 2.05) is 19.0 Å². The fraction of sp³-hybridized carbons (Fsp3) is 0.286. The lowest BCUT2D eigenvalue weighted by atomic mass is 9.95. The molecule has 0 radical (unpaired) electrons. The van der Waals surface area contributed by atoms with Gasteiger partial charge in [-0.3, -0.25) is 14.6 Å². The van der Waals surface area contributed by atoms with Crippen LogP contribution in [0.5, 0.6) is 0 Å². The Labute approximate surface area is 162 Å². The molecule has 6 nitrogen and oxygen atoms in total. The molecule has 2 aromatic rings. The molecule has 1 atom stereocenters. The zero-order chi connectivity index (χ0) is 20.3. The molecule has 0 spiro atoms. The SMILES string of the molecule is CN(C)CCCN1C(=O)C(=O)C(=C(O)c2ccncc2)[C@H]1c1cccc(F)c1. The van der Waals surface area contributed by atoms with Crippen LogP contribution in [0.2, 0.25) is 0 Å². The van der Waals surface area contributed by atoms with E-state index in [9.17, 15) is 19.1 Å². The maximum atomic E-state index is 13.9. The van der Waals surface area contributed by atoms with Gasteiger partial charge in [0, 0.05) is 24.5 Å². The molecule has 1 aliphatic heterocycles. The largest absolute Gasteiger partial charge is 0.507 e. The highest BCUT2D eigenvalue weighted by atomic mass is 19.1. The van der Waals surface area contributed by atoms with Crippen LogP contribution < -0.4 is 0 Å². The van der Waals surface area contributed by atoms with Crippen molar-refractivity contribution < 1.29 is 19.1 Å². The Kier molecular flexibility index (Phi) is 5.84. The van der Waals surface area contributed by atoms with E-state index in [0.717, 1.165) is 6.54 Å². The van der Waals surface area contributed by atoms with Gasteiger partial charge in [-0.2, -0.15) is 0 Å². The first kappa shape index (κ1) is 19.7. The van der Waals surface area contributed by atoms with Gasteiger partial charge in [-0.15, -0.1) is 0 Å². The summed E-state index contributed by atoms with van der Waals surface area (Å²) in [6.45, 7) is 1.04. The minimum atomic E-state index is -0.842. The molecule has 1 N–H and O–H groups in total. The number of amides is 1. The van der Waals surface area contributed by atoms with Gasteiger partial charge in [0.05, 0.1) is 11.6 Å². The van der Waals surface area contributed by atoms with Crippen molar-refractivity contribution in [2.24, 2.45) is 0 Å². The monoisotopic (exact) mass is 383 g/mol. The first-order valence-corrected chi connectivity index (χ1v) is 8.99. The highest BCUT2D eigenvalue weighted by molar-refractivity contribution is 6.46. The number of nitrogens with zero attached hydrogens (tertiary/aromatic N) is 3. The van der Waals surface area contributed by atoms with Crippen LogP contribution in [-0.2, 0) is 9.59 Å². The third-order valence-corrected chi connectivity index (χ3v) is 4.66. The number of benzene rings is 1. The zero-order valence-corrected chi connectivity index (χ0v) is 15.8. The van der Waals surface area contributed by atoms with Crippen molar-refractivity contribution in [1.82, 2.24) is 14.8 Å². The van der Waals surface area contributed by atoms with E-state index in [2.05, 4.69) is 4.98 Å². The maximum absolute atomic E-state index is 13.9. The Morgan fingerprint density at radius 2 is 1.93 bits per heavy atom. The molecule has 0 bridgehead atoms. The summed E-state index contributed by atoms with van der Waals surface area (Å²) < 4.78 is 13.9. The van der Waals surface area contributed by atoms with Gasteiger partial charge >= 0.3 is 0 Å². The number of Topliss-reactive ketones (excluding diaryl/α,β-unsaturated/α-hetero) is 1. The molecular weight excluding hydrogens is 361 g/mol. The number of aliphatic hydroxyl groups is 1. The Balaban J connectivity index is 2.08. The smallest absolute Gasteiger partial charge is 0.295 e. The number of halogens is 1. The van der Waals surface area contributed by atoms with E-state index in [4.69, 9.17) is 0 Å². The number of aromatic nitrogens is 1. The topological polar surface area (TPSA) is 73.7 Å². The number of likely N-dealkylation sites (tertiary alicyclic amines) is 1. The minimum absolute atomic E-state index is 0.0355. The molecule has 146 valence electrons. The molecule has 1 fully saturated rings. The second kappa shape index (κ2) is 8.31. The van der Waals surface area contributed by atoms with Crippen LogP contribution in [0.3, 0.4) is 0 Å². The summed E-state index contributed by atoms with van der Waals surface area (Å²) in [6.07, 6.45) is 3.61. The van der Waals surface area contributed by atoms with Crippen molar-refractivity contribution in [3.05, 3.63) is 71.3 Å². The fourth-order valence-corrected chi connectivity index (χ4v) is 3.36. The maximum Gasteiger partial charge on any atom is 0.295 e. The molecule has 1 aromatic carbocycles. The normalized spacial score (nSPS) is 18.9. The molecule has 1 saturated heterocycles. The summed E-state index contributed by atoms with van der Waals surface area (Å²) in [5.74, 6) is -2.22. The Bertz CT molecular complexity index is 912. The Hall–Kier alpha value is -3.06. The summed E-state index contributed by atoms with van der Waals surface area (Å²) in [6, 6.07) is 8.02. The number of ketones is 1. The van der Waals surface area contributed by atoms with Crippen molar-refractivity contribution in [2.75, 3.05) is 27.2 Å². The van der Waals surface area contributed by atoms with Gasteiger partial charge in [-0.25, -0.2) is 4.39 Å². The molecule has 1 amide bonds. The second-order valence-corrected chi connectivity index (χ2v) is 6.94. The molecule has 2 heterocycles. The molecule has 1 aromatic heterocycles. The highest BCUT2D eigenvalue weighted by Crippen LogP contribution is 2.39. The number of carbonyl (C=O) groups is 2. The summed E-state index contributed by atoms with van der Waals surface area (Å²) in [7, 11) is 3.84. The van der Waals surface area contributed by atoms with E-state index in [1.165, 1.54) is 35.5 Å². The van der Waals surface area contributed by atoms with Crippen LogP contribution in [0, 0.1) is 5.82 Å². The molecule has 3 rings (SSSR count). The number of hydrogen-bond acceptors (Lipinski definition) is 5. The van der Waals surface area contributed by atoms with Crippen LogP contribution in [0.15, 0.2) is 54.4 Å². The minimum Gasteiger partial charge on any atom is -0.507 e. The van der Waals surface area contributed by atoms with Gasteiger partial charge in [0.15, 0.2) is 0 Å². The van der Waals surface area contributed by atoms with Gasteiger partial charge in [-0.05, 0) is 56.9 Å². The lowest BCUT2D eigenvalue weighted by molar-refractivity contribution is -0.139. The van der Waals surface area contributed by atoms with Gasteiger partial charge in [-0.1, -0.05) is 12.1 Å². The van der Waals surface area contributed by atoms with Crippen molar-refractivity contribution >= 4 is 17.4 Å². The molecule has 0 saturated carbocycles. The molecule has 0 aliphatic carbocycles. The lowest BCUT2D eigenvalue weighted by Crippen LogP contribution is -2.32. The number of aliphatic hydroxyl groups excluding tert-OH is 1. The van der Waals surface area contributed by atoms with Crippen molar-refractivity contribution in [3.63, 3.8) is 0 Å². The highest BCUT2D eigenvalue weighted by Gasteiger charge is 2.45. The van der Waals surface area contributed by atoms with Gasteiger partial charge in [0.25, 0.3) is 11.7 Å². The number of carbonyl (C=O) groups excluding carboxylic acids is 2. The molecular formula is C21H22FN3O3. The van der Waals surface area contributed by atoms with E-state index in [-0.39, 0.29) is 11.3 Å². The molecule has 28 heavy (non-hydrogen) atoms. The summed E-state index contributed by atoms with van der Waals surface area (Å²) >= 11 is 0.